The number of nitrogens with zero attached hydrogens (tertiary/aromatic N) is 1. The average molecular weight is 466 g/mol. The minimum Gasteiger partial charge on any atom is -0.477 e. The zero-order valence-electron chi connectivity index (χ0n) is 22.5. The molecule has 7 heteroatoms. The Kier molecular flexibility index (Phi) is 18.8. The summed E-state index contributed by atoms with van der Waals surface area (Å²) >= 11 is 0. The molecule has 2 aromatic rings. The third-order valence-electron chi connectivity index (χ3n) is 4.51. The lowest BCUT2D eigenvalue weighted by Gasteiger charge is -2.10. The number of aromatic amines is 1. The number of hydrogen-bond donors (Lipinski definition) is 3. The van der Waals surface area contributed by atoms with Crippen LogP contribution >= 0.6 is 0 Å². The van der Waals surface area contributed by atoms with Gasteiger partial charge in [0.15, 0.2) is 0 Å². The fourth-order valence-corrected chi connectivity index (χ4v) is 3.15. The van der Waals surface area contributed by atoms with E-state index < -0.39 is 5.97 Å². The molecule has 0 bridgehead atoms. The number of carbonyl (C=O) groups is 2. The second kappa shape index (κ2) is 19.0. The van der Waals surface area contributed by atoms with E-state index in [1.807, 2.05) is 86.5 Å². The molecule has 190 valence electrons. The van der Waals surface area contributed by atoms with Crippen molar-refractivity contribution in [3.63, 3.8) is 0 Å². The molecular formula is C26H47N3O4. The summed E-state index contributed by atoms with van der Waals surface area (Å²) < 4.78 is 4.90. The van der Waals surface area contributed by atoms with Gasteiger partial charge in [-0.15, -0.1) is 0 Å². The standard InChI is InChI=1S/C18H23N3O4.4C2H6/c1-21(2)8-7-13-14-9-11(3-5-12-10-25-18(24)19-12)4-6-15(14)20-16(13)17(22)23;4*1-2/h4,6,9,12,20H,3,5,7-8,10H2,1-2H3,(H,19,24)(H,22,23);4*1-2H3/t12-;;;;/m0..../s1. The van der Waals surface area contributed by atoms with Crippen LogP contribution < -0.4 is 5.32 Å². The number of fused-ring (bicyclic) bond motifs is 1. The van der Waals surface area contributed by atoms with E-state index in [2.05, 4.69) is 16.4 Å². The Balaban J connectivity index is 0. The summed E-state index contributed by atoms with van der Waals surface area (Å²) in [4.78, 5) is 27.7. The molecule has 3 N–H and O–H groups in total. The second-order valence-corrected chi connectivity index (χ2v) is 6.70. The van der Waals surface area contributed by atoms with Crippen molar-refractivity contribution < 1.29 is 19.4 Å². The highest BCUT2D eigenvalue weighted by atomic mass is 16.6. The summed E-state index contributed by atoms with van der Waals surface area (Å²) in [5, 5.41) is 13.2. The van der Waals surface area contributed by atoms with E-state index >= 15 is 0 Å². The van der Waals surface area contributed by atoms with Gasteiger partial charge >= 0.3 is 12.1 Å². The van der Waals surface area contributed by atoms with E-state index in [1.165, 1.54) is 0 Å². The number of aromatic nitrogens is 1. The molecule has 3 rings (SSSR count). The number of carboxylic acid groups (broad SMARTS) is 1. The lowest BCUT2D eigenvalue weighted by molar-refractivity contribution is 0.0690. The summed E-state index contributed by atoms with van der Waals surface area (Å²) in [5.74, 6) is -0.933. The number of benzene rings is 1. The van der Waals surface area contributed by atoms with Crippen molar-refractivity contribution in [3.8, 4) is 0 Å². The lowest BCUT2D eigenvalue weighted by atomic mass is 10.0. The van der Waals surface area contributed by atoms with Crippen molar-refractivity contribution in [1.82, 2.24) is 15.2 Å². The second-order valence-electron chi connectivity index (χ2n) is 6.70. The number of rotatable bonds is 7. The topological polar surface area (TPSA) is 94.7 Å². The first-order valence-electron chi connectivity index (χ1n) is 12.4. The number of cyclic esters (lactones) is 1. The summed E-state index contributed by atoms with van der Waals surface area (Å²) in [6, 6.07) is 6.02. The van der Waals surface area contributed by atoms with Gasteiger partial charge in [0.2, 0.25) is 0 Å². The number of amides is 1. The maximum absolute atomic E-state index is 11.6. The first-order valence-corrected chi connectivity index (χ1v) is 12.4. The molecule has 0 unspecified atom stereocenters. The molecular weight excluding hydrogens is 418 g/mol. The smallest absolute Gasteiger partial charge is 0.407 e. The van der Waals surface area contributed by atoms with Crippen LogP contribution in [0.1, 0.15) is 83.4 Å². The minimum atomic E-state index is -0.933. The summed E-state index contributed by atoms with van der Waals surface area (Å²) in [6.45, 7) is 17.2. The molecule has 0 radical (unpaired) electrons. The van der Waals surface area contributed by atoms with Gasteiger partial charge in [-0.2, -0.15) is 0 Å². The summed E-state index contributed by atoms with van der Waals surface area (Å²) in [6.07, 6.45) is 1.90. The normalized spacial score (nSPS) is 13.7. The van der Waals surface area contributed by atoms with Gasteiger partial charge in [0.1, 0.15) is 12.3 Å². The number of ether oxygens (including phenoxy) is 1. The number of hydrogen-bond acceptors (Lipinski definition) is 4. The highest BCUT2D eigenvalue weighted by Crippen LogP contribution is 2.25. The number of carbonyl (C=O) groups excluding carboxylic acids is 1. The van der Waals surface area contributed by atoms with Crippen molar-refractivity contribution in [2.75, 3.05) is 27.2 Å². The van der Waals surface area contributed by atoms with Gasteiger partial charge in [-0.3, -0.25) is 0 Å². The molecule has 33 heavy (non-hydrogen) atoms. The molecule has 1 aliphatic rings. The van der Waals surface area contributed by atoms with Crippen LogP contribution in [0, 0.1) is 0 Å². The first-order chi connectivity index (χ1) is 15.9. The summed E-state index contributed by atoms with van der Waals surface area (Å²) in [7, 11) is 3.94. The van der Waals surface area contributed by atoms with Crippen molar-refractivity contribution in [2.45, 2.75) is 80.7 Å². The fraction of sp³-hybridized carbons (Fsp3) is 0.615. The van der Waals surface area contributed by atoms with Crippen LogP contribution in [0.5, 0.6) is 0 Å². The van der Waals surface area contributed by atoms with E-state index in [0.29, 0.717) is 13.0 Å². The SMILES string of the molecule is CC.CC.CC.CC.CN(C)CCc1c(C(=O)O)[nH]c2ccc(CC[C@H]3COC(=O)N3)cc12. The van der Waals surface area contributed by atoms with Gasteiger partial charge < -0.3 is 25.0 Å². The molecule has 0 saturated carbocycles. The predicted molar refractivity (Wildman–Crippen MR) is 140 cm³/mol. The molecule has 1 aromatic heterocycles. The van der Waals surface area contributed by atoms with Crippen molar-refractivity contribution in [3.05, 3.63) is 35.0 Å². The fourth-order valence-electron chi connectivity index (χ4n) is 3.15. The Labute approximate surface area is 200 Å². The Hall–Kier alpha value is -2.54. The number of alkyl carbamates (subject to hydrolysis) is 1. The van der Waals surface area contributed by atoms with Gasteiger partial charge in [0, 0.05) is 17.4 Å². The zero-order chi connectivity index (χ0) is 26.0. The quantitative estimate of drug-likeness (QED) is 0.458. The van der Waals surface area contributed by atoms with Crippen LogP contribution in [-0.2, 0) is 17.6 Å². The van der Waals surface area contributed by atoms with Crippen LogP contribution in [0.25, 0.3) is 10.9 Å². The van der Waals surface area contributed by atoms with Crippen LogP contribution in [0.2, 0.25) is 0 Å². The van der Waals surface area contributed by atoms with Crippen LogP contribution in [-0.4, -0.2) is 60.3 Å². The van der Waals surface area contributed by atoms with Crippen LogP contribution in [0.15, 0.2) is 18.2 Å². The van der Waals surface area contributed by atoms with Gasteiger partial charge in [-0.05, 0) is 56.6 Å². The Morgan fingerprint density at radius 1 is 1.06 bits per heavy atom. The maximum Gasteiger partial charge on any atom is 0.407 e. The number of H-pyrrole nitrogens is 1. The van der Waals surface area contributed by atoms with E-state index in [-0.39, 0.29) is 17.8 Å². The van der Waals surface area contributed by atoms with Gasteiger partial charge in [-0.25, -0.2) is 9.59 Å². The predicted octanol–water partition coefficient (Wildman–Crippen LogP) is 6.12. The number of likely N-dealkylation sites (N-methyl/N-ethyl adjacent to an activating group) is 1. The van der Waals surface area contributed by atoms with Gasteiger partial charge in [0.05, 0.1) is 6.04 Å². The van der Waals surface area contributed by atoms with Crippen molar-refractivity contribution in [2.24, 2.45) is 0 Å². The minimum absolute atomic E-state index is 0.0391. The monoisotopic (exact) mass is 465 g/mol. The van der Waals surface area contributed by atoms with Gasteiger partial charge in [-0.1, -0.05) is 61.5 Å². The number of nitrogens with one attached hydrogen (secondary N) is 2. The number of aromatic carboxylic acids is 1. The molecule has 1 saturated heterocycles. The van der Waals surface area contributed by atoms with Gasteiger partial charge in [0.25, 0.3) is 0 Å². The molecule has 2 heterocycles. The highest BCUT2D eigenvalue weighted by molar-refractivity contribution is 5.97. The Morgan fingerprint density at radius 2 is 1.67 bits per heavy atom. The molecule has 0 spiro atoms. The third kappa shape index (κ3) is 10.7. The van der Waals surface area contributed by atoms with E-state index in [4.69, 9.17) is 4.74 Å². The number of carboxylic acids is 1. The molecule has 7 nitrogen and oxygen atoms in total. The molecule has 1 aromatic carbocycles. The average Bonchev–Trinajstić information content (AvgIpc) is 3.44. The highest BCUT2D eigenvalue weighted by Gasteiger charge is 2.22. The van der Waals surface area contributed by atoms with Crippen LogP contribution in [0.4, 0.5) is 4.79 Å². The molecule has 0 aliphatic carbocycles. The third-order valence-corrected chi connectivity index (χ3v) is 4.51. The van der Waals surface area contributed by atoms with Crippen LogP contribution in [0.3, 0.4) is 0 Å². The number of aryl methyl sites for hydroxylation is 1. The molecule has 1 amide bonds. The largest absolute Gasteiger partial charge is 0.477 e. The Bertz CT molecular complexity index is 800. The van der Waals surface area contributed by atoms with Crippen molar-refractivity contribution in [1.29, 1.82) is 0 Å². The van der Waals surface area contributed by atoms with Crippen molar-refractivity contribution >= 4 is 23.0 Å². The van der Waals surface area contributed by atoms with E-state index in [0.717, 1.165) is 41.4 Å². The summed E-state index contributed by atoms with van der Waals surface area (Å²) in [5.41, 5.74) is 3.07. The Morgan fingerprint density at radius 3 is 2.15 bits per heavy atom. The zero-order valence-corrected chi connectivity index (χ0v) is 22.5. The first kappa shape index (κ1) is 32.6. The van der Waals surface area contributed by atoms with E-state index in [9.17, 15) is 14.7 Å². The lowest BCUT2D eigenvalue weighted by Crippen LogP contribution is -2.26. The van der Waals surface area contributed by atoms with E-state index in [1.54, 1.807) is 0 Å². The molecule has 1 fully saturated rings. The molecule has 1 aliphatic heterocycles. The molecule has 1 atom stereocenters. The maximum atomic E-state index is 11.6.